The number of anilines is 1. The van der Waals surface area contributed by atoms with Gasteiger partial charge in [0.15, 0.2) is 5.69 Å². The molecule has 2 aromatic heterocycles. The molecule has 2 aromatic rings. The zero-order valence-electron chi connectivity index (χ0n) is 12.2. The number of aromatic nitrogens is 3. The smallest absolute Gasteiger partial charge is 0.223 e. The number of nitrogens with zero attached hydrogens (tertiary/aromatic N) is 5. The average molecular weight is 296 g/mol. The van der Waals surface area contributed by atoms with Crippen LogP contribution in [-0.4, -0.2) is 33.8 Å². The first-order valence-electron chi connectivity index (χ1n) is 6.98. The number of primary amides is 1. The minimum atomic E-state index is -0.334. The molecule has 2 N–H and O–H groups in total. The van der Waals surface area contributed by atoms with E-state index in [4.69, 9.17) is 5.73 Å². The van der Waals surface area contributed by atoms with E-state index in [0.717, 1.165) is 11.3 Å². The van der Waals surface area contributed by atoms with Gasteiger partial charge in [-0.25, -0.2) is 4.98 Å². The molecule has 7 heteroatoms. The van der Waals surface area contributed by atoms with Gasteiger partial charge in [0, 0.05) is 38.4 Å². The molecule has 1 aliphatic heterocycles. The van der Waals surface area contributed by atoms with Gasteiger partial charge in [0.2, 0.25) is 5.91 Å². The number of carbonyl (C=O) groups is 1. The molecule has 7 nitrogen and oxygen atoms in total. The second kappa shape index (κ2) is 5.48. The van der Waals surface area contributed by atoms with Crippen LogP contribution in [0.25, 0.3) is 0 Å². The number of amides is 1. The number of nitriles is 1. The standard InChI is InChI=1S/C15H16N6O/c1-20-7-10(6-19-20)11-8-21(9-12(11)15(17)22)14-3-2-4-18-13(14)5-16/h2-4,6-7,11-12H,8-9H2,1H3,(H2,17,22)/t11-,12+/m1/s1. The van der Waals surface area contributed by atoms with Crippen LogP contribution in [-0.2, 0) is 11.8 Å². The van der Waals surface area contributed by atoms with Gasteiger partial charge >= 0.3 is 0 Å². The lowest BCUT2D eigenvalue weighted by molar-refractivity contribution is -0.121. The molecule has 22 heavy (non-hydrogen) atoms. The van der Waals surface area contributed by atoms with Crippen LogP contribution in [0.15, 0.2) is 30.7 Å². The fourth-order valence-corrected chi connectivity index (χ4v) is 3.00. The third-order valence-electron chi connectivity index (χ3n) is 4.07. The number of pyridine rings is 1. The van der Waals surface area contributed by atoms with Crippen molar-refractivity contribution in [3.05, 3.63) is 42.0 Å². The molecule has 2 atom stereocenters. The number of rotatable bonds is 3. The Bertz CT molecular complexity index is 746. The minimum absolute atomic E-state index is 0.0297. The molecule has 0 aromatic carbocycles. The molecule has 0 bridgehead atoms. The zero-order chi connectivity index (χ0) is 15.7. The molecule has 0 radical (unpaired) electrons. The number of nitrogens with two attached hydrogens (primary N) is 1. The van der Waals surface area contributed by atoms with Crippen LogP contribution in [0.4, 0.5) is 5.69 Å². The van der Waals surface area contributed by atoms with Crippen molar-refractivity contribution in [2.24, 2.45) is 18.7 Å². The third kappa shape index (κ3) is 2.39. The molecule has 1 fully saturated rings. The molecule has 1 amide bonds. The van der Waals surface area contributed by atoms with E-state index in [-0.39, 0.29) is 17.7 Å². The predicted molar refractivity (Wildman–Crippen MR) is 79.8 cm³/mol. The zero-order valence-corrected chi connectivity index (χ0v) is 12.2. The van der Waals surface area contributed by atoms with Crippen molar-refractivity contribution in [2.45, 2.75) is 5.92 Å². The lowest BCUT2D eigenvalue weighted by Gasteiger charge is -2.18. The fourth-order valence-electron chi connectivity index (χ4n) is 3.00. The van der Waals surface area contributed by atoms with Gasteiger partial charge in [-0.1, -0.05) is 0 Å². The van der Waals surface area contributed by atoms with Gasteiger partial charge in [0.05, 0.1) is 17.8 Å². The second-order valence-electron chi connectivity index (χ2n) is 5.45. The number of hydrogen-bond acceptors (Lipinski definition) is 5. The van der Waals surface area contributed by atoms with Crippen LogP contribution in [0.1, 0.15) is 17.2 Å². The first-order chi connectivity index (χ1) is 10.6. The monoisotopic (exact) mass is 296 g/mol. The molecule has 1 aliphatic rings. The summed E-state index contributed by atoms with van der Waals surface area (Å²) >= 11 is 0. The van der Waals surface area contributed by atoms with Crippen LogP contribution >= 0.6 is 0 Å². The van der Waals surface area contributed by atoms with Crippen molar-refractivity contribution < 1.29 is 4.79 Å². The Morgan fingerprint density at radius 3 is 2.95 bits per heavy atom. The predicted octanol–water partition coefficient (Wildman–Crippen LogP) is 0.392. The topological polar surface area (TPSA) is 101 Å². The highest BCUT2D eigenvalue weighted by molar-refractivity contribution is 5.80. The maximum absolute atomic E-state index is 11.8. The van der Waals surface area contributed by atoms with Crippen molar-refractivity contribution >= 4 is 11.6 Å². The van der Waals surface area contributed by atoms with Crippen LogP contribution in [0.2, 0.25) is 0 Å². The molecule has 1 saturated heterocycles. The summed E-state index contributed by atoms with van der Waals surface area (Å²) < 4.78 is 1.71. The summed E-state index contributed by atoms with van der Waals surface area (Å²) in [6.45, 7) is 1.09. The van der Waals surface area contributed by atoms with E-state index in [2.05, 4.69) is 16.2 Å². The molecule has 0 spiro atoms. The van der Waals surface area contributed by atoms with E-state index in [9.17, 15) is 10.1 Å². The average Bonchev–Trinajstić information content (AvgIpc) is 3.13. The summed E-state index contributed by atoms with van der Waals surface area (Å²) in [4.78, 5) is 17.9. The van der Waals surface area contributed by atoms with Crippen molar-refractivity contribution in [3.63, 3.8) is 0 Å². The lowest BCUT2D eigenvalue weighted by Crippen LogP contribution is -2.29. The van der Waals surface area contributed by atoms with Crippen molar-refractivity contribution in [1.82, 2.24) is 14.8 Å². The molecule has 3 rings (SSSR count). The van der Waals surface area contributed by atoms with E-state index in [1.54, 1.807) is 23.1 Å². The van der Waals surface area contributed by atoms with Gasteiger partial charge in [0.1, 0.15) is 6.07 Å². The van der Waals surface area contributed by atoms with Gasteiger partial charge in [-0.3, -0.25) is 9.48 Å². The van der Waals surface area contributed by atoms with Gasteiger partial charge in [0.25, 0.3) is 0 Å². The Balaban J connectivity index is 1.94. The molecule has 0 unspecified atom stereocenters. The molecule has 0 saturated carbocycles. The van der Waals surface area contributed by atoms with Crippen molar-refractivity contribution in [1.29, 1.82) is 5.26 Å². The summed E-state index contributed by atoms with van der Waals surface area (Å²) in [6, 6.07) is 5.72. The minimum Gasteiger partial charge on any atom is -0.369 e. The summed E-state index contributed by atoms with van der Waals surface area (Å²) in [5, 5.41) is 13.4. The first-order valence-corrected chi connectivity index (χ1v) is 6.98. The maximum atomic E-state index is 11.8. The maximum Gasteiger partial charge on any atom is 0.223 e. The SMILES string of the molecule is Cn1cc([C@H]2CN(c3cccnc3C#N)C[C@@H]2C(N)=O)cn1. The Morgan fingerprint density at radius 1 is 1.50 bits per heavy atom. The summed E-state index contributed by atoms with van der Waals surface area (Å²) in [5.74, 6) is -0.673. The van der Waals surface area contributed by atoms with Crippen LogP contribution < -0.4 is 10.6 Å². The molecule has 3 heterocycles. The van der Waals surface area contributed by atoms with E-state index >= 15 is 0 Å². The van der Waals surface area contributed by atoms with E-state index < -0.39 is 0 Å². The highest BCUT2D eigenvalue weighted by Crippen LogP contribution is 2.35. The quantitative estimate of drug-likeness (QED) is 0.883. The molecular formula is C15H16N6O. The Kier molecular flexibility index (Phi) is 3.51. The summed E-state index contributed by atoms with van der Waals surface area (Å²) in [5.41, 5.74) is 7.65. The normalized spacial score (nSPS) is 20.8. The van der Waals surface area contributed by atoms with E-state index in [1.165, 1.54) is 0 Å². The van der Waals surface area contributed by atoms with Gasteiger partial charge in [-0.05, 0) is 17.7 Å². The van der Waals surface area contributed by atoms with Crippen LogP contribution in [0, 0.1) is 17.2 Å². The van der Waals surface area contributed by atoms with Crippen LogP contribution in [0.3, 0.4) is 0 Å². The van der Waals surface area contributed by atoms with Crippen molar-refractivity contribution in [2.75, 3.05) is 18.0 Å². The van der Waals surface area contributed by atoms with E-state index in [0.29, 0.717) is 18.8 Å². The van der Waals surface area contributed by atoms with Gasteiger partial charge < -0.3 is 10.6 Å². The number of hydrogen-bond donors (Lipinski definition) is 1. The van der Waals surface area contributed by atoms with Gasteiger partial charge in [-0.2, -0.15) is 10.4 Å². The largest absolute Gasteiger partial charge is 0.369 e. The lowest BCUT2D eigenvalue weighted by atomic mass is 9.90. The molecular weight excluding hydrogens is 280 g/mol. The highest BCUT2D eigenvalue weighted by Gasteiger charge is 2.38. The highest BCUT2D eigenvalue weighted by atomic mass is 16.1. The fraction of sp³-hybridized carbons (Fsp3) is 0.333. The van der Waals surface area contributed by atoms with Gasteiger partial charge in [-0.15, -0.1) is 0 Å². The summed E-state index contributed by atoms with van der Waals surface area (Å²) in [6.07, 6.45) is 5.25. The summed E-state index contributed by atoms with van der Waals surface area (Å²) in [7, 11) is 1.84. The van der Waals surface area contributed by atoms with Crippen LogP contribution in [0.5, 0.6) is 0 Å². The van der Waals surface area contributed by atoms with E-state index in [1.807, 2.05) is 24.2 Å². The number of carbonyl (C=O) groups excluding carboxylic acids is 1. The Hall–Kier alpha value is -2.88. The Morgan fingerprint density at radius 2 is 2.32 bits per heavy atom. The molecule has 0 aliphatic carbocycles. The Labute approximate surface area is 128 Å². The molecule has 112 valence electrons. The first kappa shape index (κ1) is 14.1. The number of aryl methyl sites for hydroxylation is 1. The second-order valence-corrected chi connectivity index (χ2v) is 5.45. The van der Waals surface area contributed by atoms with Crippen molar-refractivity contribution in [3.8, 4) is 6.07 Å². The third-order valence-corrected chi connectivity index (χ3v) is 4.07.